The van der Waals surface area contributed by atoms with E-state index < -0.39 is 36.5 Å². The van der Waals surface area contributed by atoms with Crippen molar-refractivity contribution in [3.8, 4) is 0 Å². The Balaban J connectivity index is 1.81. The third kappa shape index (κ3) is 3.38. The van der Waals surface area contributed by atoms with Crippen molar-refractivity contribution in [2.24, 2.45) is 5.11 Å². The number of ether oxygens (including phenoxy) is 1. The topological polar surface area (TPSA) is 145 Å². The first-order valence-electron chi connectivity index (χ1n) is 8.53. The fourth-order valence-electron chi connectivity index (χ4n) is 3.42. The second-order valence-electron chi connectivity index (χ2n) is 6.57. The van der Waals surface area contributed by atoms with Crippen molar-refractivity contribution >= 4 is 5.82 Å². The SMILES string of the molecule is [N-]=[N+]=N[C@]1(CO)O[C@@H](n2ccc(NC3CCCCC3)nc2=O)[C@@H](F)[C@@H]1O. The van der Waals surface area contributed by atoms with Gasteiger partial charge in [0, 0.05) is 17.2 Å². The highest BCUT2D eigenvalue weighted by molar-refractivity contribution is 5.33. The van der Waals surface area contributed by atoms with Crippen LogP contribution in [0.25, 0.3) is 10.4 Å². The van der Waals surface area contributed by atoms with Crippen LogP contribution in [-0.4, -0.2) is 50.4 Å². The Hall–Kier alpha value is -2.20. The minimum atomic E-state index is -2.18. The molecule has 0 amide bonds. The van der Waals surface area contributed by atoms with Gasteiger partial charge in [0.1, 0.15) is 11.9 Å². The molecule has 0 spiro atoms. The van der Waals surface area contributed by atoms with Gasteiger partial charge in [-0.25, -0.2) is 9.18 Å². The van der Waals surface area contributed by atoms with Crippen molar-refractivity contribution in [1.29, 1.82) is 0 Å². The number of azide groups is 1. The van der Waals surface area contributed by atoms with Gasteiger partial charge < -0.3 is 20.3 Å². The molecule has 2 heterocycles. The van der Waals surface area contributed by atoms with Gasteiger partial charge in [0.25, 0.3) is 0 Å². The van der Waals surface area contributed by atoms with Gasteiger partial charge in [-0.1, -0.05) is 24.4 Å². The van der Waals surface area contributed by atoms with E-state index in [1.54, 1.807) is 0 Å². The Morgan fingerprint density at radius 3 is 2.85 bits per heavy atom. The number of anilines is 1. The summed E-state index contributed by atoms with van der Waals surface area (Å²) in [6.07, 6.45) is 1.18. The summed E-state index contributed by atoms with van der Waals surface area (Å²) in [5, 5.41) is 25.7. The lowest BCUT2D eigenvalue weighted by atomic mass is 9.95. The van der Waals surface area contributed by atoms with E-state index in [0.717, 1.165) is 30.3 Å². The first-order valence-corrected chi connectivity index (χ1v) is 8.53. The van der Waals surface area contributed by atoms with Crippen LogP contribution in [0.5, 0.6) is 0 Å². The molecule has 10 nitrogen and oxygen atoms in total. The van der Waals surface area contributed by atoms with E-state index >= 15 is 0 Å². The molecule has 0 bridgehead atoms. The molecule has 0 aromatic carbocycles. The van der Waals surface area contributed by atoms with Crippen LogP contribution in [-0.2, 0) is 4.74 Å². The van der Waals surface area contributed by atoms with Crippen LogP contribution in [0.1, 0.15) is 38.3 Å². The van der Waals surface area contributed by atoms with E-state index in [2.05, 4.69) is 20.3 Å². The van der Waals surface area contributed by atoms with Crippen LogP contribution in [0.3, 0.4) is 0 Å². The average Bonchev–Trinajstić information content (AvgIpc) is 2.89. The van der Waals surface area contributed by atoms with Gasteiger partial charge in [0.2, 0.25) is 5.72 Å². The minimum Gasteiger partial charge on any atom is -0.393 e. The zero-order valence-electron chi connectivity index (χ0n) is 14.0. The number of hydrogen-bond acceptors (Lipinski definition) is 7. The molecule has 0 radical (unpaired) electrons. The van der Waals surface area contributed by atoms with Gasteiger partial charge in [-0.05, 0) is 24.4 Å². The van der Waals surface area contributed by atoms with Crippen molar-refractivity contribution in [1.82, 2.24) is 9.55 Å². The highest BCUT2D eigenvalue weighted by Gasteiger charge is 2.56. The van der Waals surface area contributed by atoms with Crippen molar-refractivity contribution in [2.75, 3.05) is 11.9 Å². The Kier molecular flexibility index (Phi) is 5.42. The van der Waals surface area contributed by atoms with E-state index in [1.807, 2.05) is 0 Å². The molecule has 1 aliphatic carbocycles. The highest BCUT2D eigenvalue weighted by atomic mass is 19.1. The molecule has 3 rings (SSSR count). The molecule has 0 unspecified atom stereocenters. The Morgan fingerprint density at radius 2 is 2.23 bits per heavy atom. The van der Waals surface area contributed by atoms with Gasteiger partial charge in [0.15, 0.2) is 12.4 Å². The van der Waals surface area contributed by atoms with Crippen LogP contribution in [0, 0.1) is 0 Å². The van der Waals surface area contributed by atoms with E-state index in [1.165, 1.54) is 18.7 Å². The van der Waals surface area contributed by atoms with Crippen molar-refractivity contribution in [3.05, 3.63) is 33.2 Å². The lowest BCUT2D eigenvalue weighted by Crippen LogP contribution is -2.43. The highest BCUT2D eigenvalue weighted by Crippen LogP contribution is 2.39. The number of nitrogens with zero attached hydrogens (tertiary/aromatic N) is 5. The summed E-state index contributed by atoms with van der Waals surface area (Å²) in [5.41, 5.74) is 5.61. The predicted molar refractivity (Wildman–Crippen MR) is 89.0 cm³/mol. The quantitative estimate of drug-likeness (QED) is 0.405. The third-order valence-corrected chi connectivity index (χ3v) is 4.86. The van der Waals surface area contributed by atoms with E-state index in [9.17, 15) is 19.4 Å². The van der Waals surface area contributed by atoms with E-state index in [0.29, 0.717) is 5.82 Å². The maximum absolute atomic E-state index is 14.5. The van der Waals surface area contributed by atoms with Gasteiger partial charge in [-0.2, -0.15) is 4.98 Å². The van der Waals surface area contributed by atoms with Crippen LogP contribution < -0.4 is 11.0 Å². The molecule has 11 heteroatoms. The number of halogens is 1. The van der Waals surface area contributed by atoms with Gasteiger partial charge in [-0.15, -0.1) is 0 Å². The number of aliphatic hydroxyl groups excluding tert-OH is 2. The first kappa shape index (κ1) is 18.6. The molecule has 2 fully saturated rings. The number of alkyl halides is 1. The molecule has 2 aliphatic rings. The monoisotopic (exact) mass is 368 g/mol. The Labute approximate surface area is 148 Å². The van der Waals surface area contributed by atoms with E-state index in [4.69, 9.17) is 10.3 Å². The summed E-state index contributed by atoms with van der Waals surface area (Å²) in [4.78, 5) is 18.7. The first-order chi connectivity index (χ1) is 12.5. The molecule has 4 atom stereocenters. The van der Waals surface area contributed by atoms with Gasteiger partial charge in [0.05, 0.1) is 6.61 Å². The summed E-state index contributed by atoms with van der Waals surface area (Å²) < 4.78 is 20.5. The summed E-state index contributed by atoms with van der Waals surface area (Å²) in [5.74, 6) is 0.385. The Bertz CT molecular complexity index is 748. The molecule has 1 aliphatic heterocycles. The largest absolute Gasteiger partial charge is 0.393 e. The number of aliphatic hydroxyl groups is 2. The fraction of sp³-hybridized carbons (Fsp3) is 0.733. The molecule has 26 heavy (non-hydrogen) atoms. The molecular weight excluding hydrogens is 347 g/mol. The average molecular weight is 368 g/mol. The van der Waals surface area contributed by atoms with Crippen LogP contribution in [0.15, 0.2) is 22.2 Å². The molecule has 1 aromatic rings. The lowest BCUT2D eigenvalue weighted by Gasteiger charge is -2.24. The molecule has 1 aromatic heterocycles. The van der Waals surface area contributed by atoms with Crippen molar-refractivity contribution in [2.45, 2.75) is 62.4 Å². The summed E-state index contributed by atoms with van der Waals surface area (Å²) in [6.45, 7) is -0.932. The minimum absolute atomic E-state index is 0.247. The normalized spacial score (nSPS) is 32.2. The smallest absolute Gasteiger partial charge is 0.351 e. The van der Waals surface area contributed by atoms with Gasteiger partial charge >= 0.3 is 5.69 Å². The van der Waals surface area contributed by atoms with Crippen molar-refractivity contribution in [3.63, 3.8) is 0 Å². The lowest BCUT2D eigenvalue weighted by molar-refractivity contribution is -0.124. The second-order valence-corrected chi connectivity index (χ2v) is 6.57. The predicted octanol–water partition coefficient (Wildman–Crippen LogP) is 1.21. The zero-order chi connectivity index (χ0) is 18.7. The van der Waals surface area contributed by atoms with Gasteiger partial charge in [-0.3, -0.25) is 4.57 Å². The maximum atomic E-state index is 14.5. The third-order valence-electron chi connectivity index (χ3n) is 4.86. The molecule has 3 N–H and O–H groups in total. The van der Waals surface area contributed by atoms with Crippen molar-refractivity contribution < 1.29 is 19.3 Å². The standard InChI is InChI=1S/C15H21FN6O4/c16-11-12(24)15(8-23,20-21-17)26-13(11)22-7-6-10(19-14(22)25)18-9-4-2-1-3-5-9/h6-7,9,11-13,23-24H,1-5,8H2,(H,18,19,25)/t11-,12-,13+,15+/m0/s1. The van der Waals surface area contributed by atoms with E-state index in [-0.39, 0.29) is 6.04 Å². The number of nitrogens with one attached hydrogen (secondary N) is 1. The molecule has 1 saturated heterocycles. The summed E-state index contributed by atoms with van der Waals surface area (Å²) in [7, 11) is 0. The molecule has 142 valence electrons. The number of aromatic nitrogens is 2. The second kappa shape index (κ2) is 7.58. The Morgan fingerprint density at radius 1 is 1.50 bits per heavy atom. The van der Waals surface area contributed by atoms with Crippen LogP contribution >= 0.6 is 0 Å². The summed E-state index contributed by atoms with van der Waals surface area (Å²) in [6, 6.07) is 1.77. The maximum Gasteiger partial charge on any atom is 0.351 e. The fourth-order valence-corrected chi connectivity index (χ4v) is 3.42. The van der Waals surface area contributed by atoms with Crippen LogP contribution in [0.2, 0.25) is 0 Å². The summed E-state index contributed by atoms with van der Waals surface area (Å²) >= 11 is 0. The zero-order valence-corrected chi connectivity index (χ0v) is 14.0. The van der Waals surface area contributed by atoms with Crippen LogP contribution in [0.4, 0.5) is 10.2 Å². The number of hydrogen-bond donors (Lipinski definition) is 3. The number of rotatable bonds is 5. The molecular formula is C15H21FN6O4. The molecule has 1 saturated carbocycles.